The summed E-state index contributed by atoms with van der Waals surface area (Å²) < 4.78 is 10.6. The maximum absolute atomic E-state index is 13.5. The molecule has 1 aromatic heterocycles. The van der Waals surface area contributed by atoms with Gasteiger partial charge in [0, 0.05) is 18.4 Å². The molecule has 4 rings (SSSR count). The lowest BCUT2D eigenvalue weighted by Gasteiger charge is -2.21. The first-order valence-electron chi connectivity index (χ1n) is 13.1. The van der Waals surface area contributed by atoms with Crippen molar-refractivity contribution in [2.24, 2.45) is 5.16 Å². The van der Waals surface area contributed by atoms with Gasteiger partial charge in [0.2, 0.25) is 5.89 Å². The third-order valence-electron chi connectivity index (χ3n) is 6.29. The number of nitrogens with zero attached hydrogens (tertiary/aromatic N) is 4. The molecule has 2 aromatic carbocycles. The monoisotopic (exact) mass is 563 g/mol. The molecule has 0 bridgehead atoms. The van der Waals surface area contributed by atoms with Crippen LogP contribution in [-0.4, -0.2) is 69.1 Å². The molecule has 12 nitrogen and oxygen atoms in total. The average molecular weight is 564 g/mol. The lowest BCUT2D eigenvalue weighted by atomic mass is 10.0. The highest BCUT2D eigenvalue weighted by Gasteiger charge is 2.38. The number of carbonyl (C=O) groups is 3. The maximum atomic E-state index is 13.5. The molecular weight excluding hydrogens is 530 g/mol. The number of carboxylic acids is 1. The van der Waals surface area contributed by atoms with Crippen LogP contribution in [-0.2, 0) is 20.8 Å². The van der Waals surface area contributed by atoms with Gasteiger partial charge in [-0.05, 0) is 50.5 Å². The highest BCUT2D eigenvalue weighted by molar-refractivity contribution is 6.00. The van der Waals surface area contributed by atoms with Gasteiger partial charge in [-0.25, -0.2) is 9.59 Å². The molecule has 0 spiro atoms. The summed E-state index contributed by atoms with van der Waals surface area (Å²) in [5.41, 5.74) is 2.40. The second kappa shape index (κ2) is 12.6. The number of benzene rings is 2. The third kappa shape index (κ3) is 7.68. The minimum atomic E-state index is -1.22. The molecule has 1 aliphatic rings. The van der Waals surface area contributed by atoms with E-state index in [1.54, 1.807) is 37.8 Å². The van der Waals surface area contributed by atoms with Crippen molar-refractivity contribution in [1.29, 1.82) is 0 Å². The van der Waals surface area contributed by atoms with Crippen LogP contribution in [0.3, 0.4) is 0 Å². The van der Waals surface area contributed by atoms with Crippen LogP contribution in [0, 0.1) is 0 Å². The molecular formula is C29H33N5O7. The van der Waals surface area contributed by atoms with Crippen molar-refractivity contribution >= 4 is 23.7 Å². The van der Waals surface area contributed by atoms with E-state index in [1.807, 2.05) is 42.5 Å². The largest absolute Gasteiger partial charge is 0.480 e. The molecule has 2 N–H and O–H groups in total. The second-order valence-corrected chi connectivity index (χ2v) is 10.6. The lowest BCUT2D eigenvalue weighted by molar-refractivity contribution is -0.139. The molecule has 1 unspecified atom stereocenters. The van der Waals surface area contributed by atoms with Gasteiger partial charge in [0.25, 0.3) is 5.91 Å². The summed E-state index contributed by atoms with van der Waals surface area (Å²) in [7, 11) is 1.43. The number of aryl methyl sites for hydroxylation is 1. The highest BCUT2D eigenvalue weighted by atomic mass is 16.6. The first-order chi connectivity index (χ1) is 19.5. The zero-order valence-electron chi connectivity index (χ0n) is 23.4. The second-order valence-electron chi connectivity index (χ2n) is 10.6. The van der Waals surface area contributed by atoms with Gasteiger partial charge in [0.1, 0.15) is 24.8 Å². The van der Waals surface area contributed by atoms with Gasteiger partial charge < -0.3 is 29.4 Å². The summed E-state index contributed by atoms with van der Waals surface area (Å²) in [5.74, 6) is -1.01. The van der Waals surface area contributed by atoms with Gasteiger partial charge in [-0.15, -0.1) is 0 Å². The number of carboxylic acid groups (broad SMARTS) is 1. The van der Waals surface area contributed by atoms with Gasteiger partial charge in [-0.3, -0.25) is 4.79 Å². The zero-order chi connectivity index (χ0) is 29.6. The first-order valence-corrected chi connectivity index (χ1v) is 13.1. The predicted octanol–water partition coefficient (Wildman–Crippen LogP) is 4.24. The molecule has 216 valence electrons. The van der Waals surface area contributed by atoms with Crippen LogP contribution in [0.5, 0.6) is 0 Å². The number of hydrogen-bond acceptors (Lipinski definition) is 9. The Labute approximate surface area is 237 Å². The third-order valence-corrected chi connectivity index (χ3v) is 6.29. The molecule has 0 radical (unpaired) electrons. The quantitative estimate of drug-likeness (QED) is 0.364. The average Bonchev–Trinajstić information content (AvgIpc) is 3.57. The number of ether oxygens (including phenoxy) is 1. The number of oxime groups is 1. The van der Waals surface area contributed by atoms with Crippen LogP contribution >= 0.6 is 0 Å². The number of aromatic nitrogens is 2. The van der Waals surface area contributed by atoms with Crippen LogP contribution < -0.4 is 5.32 Å². The molecule has 2 heterocycles. The predicted molar refractivity (Wildman–Crippen MR) is 148 cm³/mol. The van der Waals surface area contributed by atoms with Crippen molar-refractivity contribution in [3.63, 3.8) is 0 Å². The van der Waals surface area contributed by atoms with Gasteiger partial charge in [-0.2, -0.15) is 4.98 Å². The van der Waals surface area contributed by atoms with Gasteiger partial charge in [-0.1, -0.05) is 52.8 Å². The van der Waals surface area contributed by atoms with E-state index in [1.165, 1.54) is 7.11 Å². The number of carbonyl (C=O) groups excluding carboxylic acids is 2. The lowest BCUT2D eigenvalue weighted by Crippen LogP contribution is -2.43. The zero-order valence-corrected chi connectivity index (χ0v) is 23.4. The maximum Gasteiger partial charge on any atom is 0.408 e. The van der Waals surface area contributed by atoms with E-state index in [0.29, 0.717) is 17.7 Å². The van der Waals surface area contributed by atoms with Crippen molar-refractivity contribution < 1.29 is 33.6 Å². The summed E-state index contributed by atoms with van der Waals surface area (Å²) in [4.78, 5) is 48.3. The van der Waals surface area contributed by atoms with Crippen molar-refractivity contribution in [2.75, 3.05) is 13.7 Å². The number of likely N-dealkylation sites (tertiary alicyclic amines) is 1. The molecule has 1 fully saturated rings. The number of hydrogen-bond donors (Lipinski definition) is 2. The van der Waals surface area contributed by atoms with E-state index < -0.39 is 29.7 Å². The summed E-state index contributed by atoms with van der Waals surface area (Å²) in [6.07, 6.45) is -0.385. The fourth-order valence-corrected chi connectivity index (χ4v) is 4.42. The Kier molecular flexibility index (Phi) is 9.00. The fraction of sp³-hybridized carbons (Fsp3) is 0.379. The van der Waals surface area contributed by atoms with Crippen molar-refractivity contribution in [2.45, 2.75) is 57.7 Å². The van der Waals surface area contributed by atoms with Crippen LogP contribution in [0.2, 0.25) is 0 Å². The Hall–Kier alpha value is -4.74. The molecule has 12 heteroatoms. The van der Waals surface area contributed by atoms with Crippen molar-refractivity contribution in [1.82, 2.24) is 20.4 Å². The van der Waals surface area contributed by atoms with E-state index in [4.69, 9.17) is 14.1 Å². The number of amides is 2. The summed E-state index contributed by atoms with van der Waals surface area (Å²) in [5, 5.41) is 19.9. The Balaban J connectivity index is 1.46. The minimum Gasteiger partial charge on any atom is -0.480 e. The number of rotatable bonds is 9. The Bertz CT molecular complexity index is 1400. The number of alkyl carbamates (subject to hydrolysis) is 1. The van der Waals surface area contributed by atoms with E-state index in [2.05, 4.69) is 20.6 Å². The summed E-state index contributed by atoms with van der Waals surface area (Å²) >= 11 is 0. The van der Waals surface area contributed by atoms with E-state index in [0.717, 1.165) is 11.1 Å². The summed E-state index contributed by atoms with van der Waals surface area (Å²) in [6, 6.07) is 15.4. The van der Waals surface area contributed by atoms with E-state index in [-0.39, 0.29) is 37.0 Å². The standard InChI is InChI=1S/C29H33N5O7/c1-29(2,3)40-28(38)30-22(27(36)37)14-15-24-31-25(41-33-24)23-16-21(32-39-4)17-34(23)26(35)20-12-10-19(11-13-20)18-8-6-5-7-9-18/h5-13,22-23H,14-17H2,1-4H3,(H,30,38)(H,36,37)/t22?,23-/m0/s1. The van der Waals surface area contributed by atoms with E-state index in [9.17, 15) is 19.5 Å². The topological polar surface area (TPSA) is 156 Å². The highest BCUT2D eigenvalue weighted by Crippen LogP contribution is 2.32. The van der Waals surface area contributed by atoms with Crippen LogP contribution in [0.15, 0.2) is 64.3 Å². The molecule has 2 atom stereocenters. The van der Waals surface area contributed by atoms with E-state index >= 15 is 0 Å². The van der Waals surface area contributed by atoms with Crippen LogP contribution in [0.1, 0.15) is 61.7 Å². The Morgan fingerprint density at radius 1 is 1.12 bits per heavy atom. The molecule has 1 saturated heterocycles. The molecule has 3 aromatic rings. The van der Waals surface area contributed by atoms with Gasteiger partial charge >= 0.3 is 12.1 Å². The Morgan fingerprint density at radius 3 is 2.44 bits per heavy atom. The fourth-order valence-electron chi connectivity index (χ4n) is 4.42. The molecule has 1 aliphatic heterocycles. The first kappa shape index (κ1) is 29.2. The number of aliphatic carboxylic acids is 1. The SMILES string of the molecule is CON=C1C[C@@H](c2nc(CCC(NC(=O)OC(C)(C)C)C(=O)O)no2)N(C(=O)c2ccc(-c3ccccc3)cc2)C1. The normalized spacial score (nSPS) is 16.8. The molecule has 41 heavy (non-hydrogen) atoms. The molecule has 0 aliphatic carbocycles. The van der Waals surface area contributed by atoms with Gasteiger partial charge in [0.05, 0.1) is 12.3 Å². The molecule has 0 saturated carbocycles. The Morgan fingerprint density at radius 2 is 1.80 bits per heavy atom. The van der Waals surface area contributed by atoms with Crippen molar-refractivity contribution in [3.8, 4) is 11.1 Å². The smallest absolute Gasteiger partial charge is 0.408 e. The molecule has 2 amide bonds. The van der Waals surface area contributed by atoms with Crippen molar-refractivity contribution in [3.05, 3.63) is 71.9 Å². The summed E-state index contributed by atoms with van der Waals surface area (Å²) in [6.45, 7) is 5.27. The minimum absolute atomic E-state index is 0.00497. The van der Waals surface area contributed by atoms with Gasteiger partial charge in [0.15, 0.2) is 5.82 Å². The van der Waals surface area contributed by atoms with Crippen LogP contribution in [0.25, 0.3) is 11.1 Å². The number of nitrogens with one attached hydrogen (secondary N) is 1. The van der Waals surface area contributed by atoms with Crippen LogP contribution in [0.4, 0.5) is 4.79 Å².